The lowest BCUT2D eigenvalue weighted by atomic mass is 9.99. The van der Waals surface area contributed by atoms with E-state index in [1.54, 1.807) is 0 Å². The van der Waals surface area contributed by atoms with E-state index in [2.05, 4.69) is 53.3 Å². The highest BCUT2D eigenvalue weighted by Crippen LogP contribution is 2.36. The van der Waals surface area contributed by atoms with Crippen molar-refractivity contribution in [3.8, 4) is 0 Å². The number of pyridine rings is 1. The van der Waals surface area contributed by atoms with Gasteiger partial charge in [-0.25, -0.2) is 0 Å². The Morgan fingerprint density at radius 1 is 1.12 bits per heavy atom. The third-order valence-electron chi connectivity index (χ3n) is 3.23. The molecule has 0 saturated heterocycles. The number of fused-ring (bicyclic) bond motifs is 1. The van der Waals surface area contributed by atoms with E-state index in [1.807, 2.05) is 12.4 Å². The van der Waals surface area contributed by atoms with Crippen LogP contribution in [0.3, 0.4) is 0 Å². The van der Waals surface area contributed by atoms with Gasteiger partial charge in [0.25, 0.3) is 0 Å². The number of nitrogens with zero attached hydrogens (tertiary/aromatic N) is 2. The average Bonchev–Trinajstić information content (AvgIpc) is 2.66. The number of hydrogen-bond donors (Lipinski definition) is 0. The maximum atomic E-state index is 4.08. The molecule has 1 aromatic heterocycles. The van der Waals surface area contributed by atoms with Crippen LogP contribution in [0.2, 0.25) is 0 Å². The molecule has 0 bridgehead atoms. The summed E-state index contributed by atoms with van der Waals surface area (Å²) < 4.78 is 0. The van der Waals surface area contributed by atoms with Crippen LogP contribution < -0.4 is 0 Å². The van der Waals surface area contributed by atoms with Crippen molar-refractivity contribution >= 4 is 0 Å². The zero-order valence-corrected chi connectivity index (χ0v) is 9.30. The minimum atomic E-state index is 0.388. The Kier molecular flexibility index (Phi) is 2.22. The Hall–Kier alpha value is -1.67. The molecule has 1 aliphatic rings. The fourth-order valence-electron chi connectivity index (χ4n) is 2.52. The molecule has 0 saturated carbocycles. The van der Waals surface area contributed by atoms with Crippen molar-refractivity contribution in [2.24, 2.45) is 0 Å². The monoisotopic (exact) mass is 210 g/mol. The molecule has 3 rings (SSSR count). The molecule has 1 aromatic carbocycles. The van der Waals surface area contributed by atoms with Crippen molar-refractivity contribution in [1.82, 2.24) is 9.88 Å². The summed E-state index contributed by atoms with van der Waals surface area (Å²) >= 11 is 0. The Labute approximate surface area is 95.6 Å². The largest absolute Gasteiger partial charge is 0.291 e. The van der Waals surface area contributed by atoms with Gasteiger partial charge in [0.15, 0.2) is 0 Å². The lowest BCUT2D eigenvalue weighted by Crippen LogP contribution is -2.17. The molecule has 0 spiro atoms. The van der Waals surface area contributed by atoms with Crippen LogP contribution in [0.15, 0.2) is 48.8 Å². The summed E-state index contributed by atoms with van der Waals surface area (Å²) in [5, 5.41) is 0. The van der Waals surface area contributed by atoms with E-state index in [-0.39, 0.29) is 0 Å². The van der Waals surface area contributed by atoms with Gasteiger partial charge in [-0.2, -0.15) is 0 Å². The number of hydrogen-bond acceptors (Lipinski definition) is 2. The van der Waals surface area contributed by atoms with Gasteiger partial charge >= 0.3 is 0 Å². The van der Waals surface area contributed by atoms with Gasteiger partial charge < -0.3 is 0 Å². The predicted molar refractivity (Wildman–Crippen MR) is 64.0 cm³/mol. The average molecular weight is 210 g/mol. The third kappa shape index (κ3) is 1.42. The maximum Gasteiger partial charge on any atom is 0.0606 e. The molecule has 0 amide bonds. The van der Waals surface area contributed by atoms with Crippen LogP contribution in [0, 0.1) is 0 Å². The molecule has 0 aliphatic carbocycles. The van der Waals surface area contributed by atoms with Crippen LogP contribution in [0.4, 0.5) is 0 Å². The normalized spacial score (nSPS) is 19.7. The van der Waals surface area contributed by atoms with Gasteiger partial charge in [0, 0.05) is 18.9 Å². The summed E-state index contributed by atoms with van der Waals surface area (Å²) in [4.78, 5) is 6.45. The third-order valence-corrected chi connectivity index (χ3v) is 3.23. The number of benzene rings is 1. The van der Waals surface area contributed by atoms with E-state index < -0.39 is 0 Å². The molecule has 0 fully saturated rings. The number of aromatic nitrogens is 1. The maximum absolute atomic E-state index is 4.08. The van der Waals surface area contributed by atoms with Crippen LogP contribution in [-0.4, -0.2) is 16.9 Å². The summed E-state index contributed by atoms with van der Waals surface area (Å²) in [5.74, 6) is 0. The van der Waals surface area contributed by atoms with E-state index in [1.165, 1.54) is 16.7 Å². The van der Waals surface area contributed by atoms with E-state index in [0.717, 1.165) is 6.54 Å². The second kappa shape index (κ2) is 3.72. The van der Waals surface area contributed by atoms with Crippen molar-refractivity contribution in [3.63, 3.8) is 0 Å². The highest BCUT2D eigenvalue weighted by atomic mass is 15.1. The van der Waals surface area contributed by atoms with Crippen molar-refractivity contribution in [2.45, 2.75) is 12.6 Å². The van der Waals surface area contributed by atoms with Gasteiger partial charge in [0.1, 0.15) is 0 Å². The first-order chi connectivity index (χ1) is 7.86. The van der Waals surface area contributed by atoms with E-state index in [9.17, 15) is 0 Å². The van der Waals surface area contributed by atoms with Gasteiger partial charge in [0.05, 0.1) is 6.04 Å². The van der Waals surface area contributed by atoms with Crippen LogP contribution >= 0.6 is 0 Å². The molecule has 1 aliphatic heterocycles. The van der Waals surface area contributed by atoms with Crippen LogP contribution in [-0.2, 0) is 6.54 Å². The van der Waals surface area contributed by atoms with E-state index in [0.29, 0.717) is 6.04 Å². The first kappa shape index (κ1) is 9.55. The van der Waals surface area contributed by atoms with Crippen molar-refractivity contribution in [1.29, 1.82) is 0 Å². The first-order valence-corrected chi connectivity index (χ1v) is 5.54. The summed E-state index contributed by atoms with van der Waals surface area (Å²) in [6, 6.07) is 13.3. The van der Waals surface area contributed by atoms with Gasteiger partial charge in [0.2, 0.25) is 0 Å². The molecular weight excluding hydrogens is 196 g/mol. The van der Waals surface area contributed by atoms with E-state index in [4.69, 9.17) is 0 Å². The molecule has 16 heavy (non-hydrogen) atoms. The molecule has 2 aromatic rings. The quantitative estimate of drug-likeness (QED) is 0.719. The summed E-state index contributed by atoms with van der Waals surface area (Å²) in [6.07, 6.45) is 3.73. The highest BCUT2D eigenvalue weighted by Gasteiger charge is 2.27. The van der Waals surface area contributed by atoms with Crippen molar-refractivity contribution in [3.05, 3.63) is 65.5 Å². The van der Waals surface area contributed by atoms with Gasteiger partial charge in [-0.15, -0.1) is 0 Å². The van der Waals surface area contributed by atoms with Crippen molar-refractivity contribution in [2.75, 3.05) is 7.05 Å². The molecule has 2 heterocycles. The van der Waals surface area contributed by atoms with Gasteiger partial charge in [-0.1, -0.05) is 24.3 Å². The topological polar surface area (TPSA) is 16.1 Å². The lowest BCUT2D eigenvalue weighted by Gasteiger charge is -2.20. The molecule has 0 N–H and O–H groups in total. The standard InChI is InChI=1S/C14H14N2/c1-16-10-12-4-2-3-5-13(12)14(16)11-6-8-15-9-7-11/h2-9,14H,10H2,1H3. The first-order valence-electron chi connectivity index (χ1n) is 5.54. The van der Waals surface area contributed by atoms with Crippen LogP contribution in [0.1, 0.15) is 22.7 Å². The number of rotatable bonds is 1. The zero-order valence-electron chi connectivity index (χ0n) is 9.30. The summed E-state index contributed by atoms with van der Waals surface area (Å²) in [6.45, 7) is 1.03. The SMILES string of the molecule is CN1Cc2ccccc2C1c1ccncc1. The summed E-state index contributed by atoms with van der Waals surface area (Å²) in [5.41, 5.74) is 4.19. The summed E-state index contributed by atoms with van der Waals surface area (Å²) in [7, 11) is 2.17. The molecule has 1 unspecified atom stereocenters. The minimum Gasteiger partial charge on any atom is -0.291 e. The van der Waals surface area contributed by atoms with E-state index >= 15 is 0 Å². The lowest BCUT2D eigenvalue weighted by molar-refractivity contribution is 0.304. The Balaban J connectivity index is 2.09. The molecule has 0 radical (unpaired) electrons. The highest BCUT2D eigenvalue weighted by molar-refractivity contribution is 5.40. The second-order valence-corrected chi connectivity index (χ2v) is 4.30. The van der Waals surface area contributed by atoms with Crippen LogP contribution in [0.25, 0.3) is 0 Å². The molecule has 2 heteroatoms. The van der Waals surface area contributed by atoms with Gasteiger partial charge in [-0.05, 0) is 35.9 Å². The predicted octanol–water partition coefficient (Wildman–Crippen LogP) is 2.62. The molecule has 80 valence electrons. The van der Waals surface area contributed by atoms with Crippen LogP contribution in [0.5, 0.6) is 0 Å². The Morgan fingerprint density at radius 2 is 1.88 bits per heavy atom. The molecule has 2 nitrogen and oxygen atoms in total. The molecular formula is C14H14N2. The zero-order chi connectivity index (χ0) is 11.0. The molecule has 1 atom stereocenters. The fraction of sp³-hybridized carbons (Fsp3) is 0.214. The fourth-order valence-corrected chi connectivity index (χ4v) is 2.52. The minimum absolute atomic E-state index is 0.388. The smallest absolute Gasteiger partial charge is 0.0606 e. The van der Waals surface area contributed by atoms with Crippen molar-refractivity contribution < 1.29 is 0 Å². The van der Waals surface area contributed by atoms with Gasteiger partial charge in [-0.3, -0.25) is 9.88 Å². The Morgan fingerprint density at radius 3 is 2.69 bits per heavy atom. The second-order valence-electron chi connectivity index (χ2n) is 4.30. The Bertz CT molecular complexity index is 493.